The molecule has 0 aliphatic heterocycles. The molecule has 0 heterocycles. The second kappa shape index (κ2) is 4.18. The summed E-state index contributed by atoms with van der Waals surface area (Å²) in [7, 11) is 0. The zero-order chi connectivity index (χ0) is 10.8. The van der Waals surface area contributed by atoms with E-state index in [1.807, 2.05) is 6.07 Å². The van der Waals surface area contributed by atoms with E-state index in [1.54, 1.807) is 6.92 Å². The normalized spacial score (nSPS) is 20.5. The van der Waals surface area contributed by atoms with Gasteiger partial charge in [0.1, 0.15) is 0 Å². The van der Waals surface area contributed by atoms with Crippen molar-refractivity contribution in [3.63, 3.8) is 0 Å². The molecule has 0 bridgehead atoms. The van der Waals surface area contributed by atoms with Crippen LogP contribution in [0.25, 0.3) is 0 Å². The van der Waals surface area contributed by atoms with E-state index in [0.717, 1.165) is 17.9 Å². The summed E-state index contributed by atoms with van der Waals surface area (Å²) < 4.78 is 0. The highest BCUT2D eigenvalue weighted by atomic mass is 16.1. The van der Waals surface area contributed by atoms with Crippen molar-refractivity contribution in [2.24, 2.45) is 5.92 Å². The van der Waals surface area contributed by atoms with Gasteiger partial charge < -0.3 is 0 Å². The number of Topliss-reactive ketones (excluding diaryl/α,β-unsaturated/α-hetero) is 1. The second-order valence-corrected chi connectivity index (χ2v) is 4.72. The predicted octanol–water partition coefficient (Wildman–Crippen LogP) is 3.40. The monoisotopic (exact) mass is 202 g/mol. The van der Waals surface area contributed by atoms with Crippen LogP contribution in [0.3, 0.4) is 0 Å². The van der Waals surface area contributed by atoms with E-state index in [2.05, 4.69) is 19.1 Å². The molecule has 1 nitrogen and oxygen atoms in total. The minimum Gasteiger partial charge on any atom is -0.295 e. The number of fused-ring (bicyclic) bond motifs is 1. The summed E-state index contributed by atoms with van der Waals surface area (Å²) >= 11 is 0. The number of hydrogen-bond acceptors (Lipinski definition) is 1. The molecule has 1 aromatic rings. The van der Waals surface area contributed by atoms with Crippen molar-refractivity contribution < 1.29 is 4.79 Å². The summed E-state index contributed by atoms with van der Waals surface area (Å²) in [5.41, 5.74) is 3.71. The SMILES string of the molecule is CC(=O)c1ccc2c(c1)CCC(C)CC2. The van der Waals surface area contributed by atoms with E-state index < -0.39 is 0 Å². The standard InChI is InChI=1S/C14H18O/c1-10-3-5-12-7-8-13(11(2)15)9-14(12)6-4-10/h7-10H,3-6H2,1-2H3. The predicted molar refractivity (Wildman–Crippen MR) is 62.3 cm³/mol. The maximum absolute atomic E-state index is 11.3. The van der Waals surface area contributed by atoms with Crippen molar-refractivity contribution >= 4 is 5.78 Å². The molecule has 80 valence electrons. The maximum atomic E-state index is 11.3. The third kappa shape index (κ3) is 2.28. The summed E-state index contributed by atoms with van der Waals surface area (Å²) in [5.74, 6) is 0.994. The Kier molecular flexibility index (Phi) is 2.90. The topological polar surface area (TPSA) is 17.1 Å². The van der Waals surface area contributed by atoms with E-state index in [9.17, 15) is 4.79 Å². The van der Waals surface area contributed by atoms with Gasteiger partial charge in [-0.1, -0.05) is 19.1 Å². The molecule has 0 saturated carbocycles. The van der Waals surface area contributed by atoms with Crippen molar-refractivity contribution in [3.05, 3.63) is 34.9 Å². The van der Waals surface area contributed by atoms with Crippen LogP contribution in [-0.4, -0.2) is 5.78 Å². The van der Waals surface area contributed by atoms with Gasteiger partial charge in [0.2, 0.25) is 0 Å². The summed E-state index contributed by atoms with van der Waals surface area (Å²) in [6, 6.07) is 6.21. The lowest BCUT2D eigenvalue weighted by molar-refractivity contribution is 0.101. The second-order valence-electron chi connectivity index (χ2n) is 4.72. The van der Waals surface area contributed by atoms with Gasteiger partial charge in [0.25, 0.3) is 0 Å². The fraction of sp³-hybridized carbons (Fsp3) is 0.500. The van der Waals surface area contributed by atoms with Gasteiger partial charge in [-0.15, -0.1) is 0 Å². The average molecular weight is 202 g/mol. The first kappa shape index (κ1) is 10.4. The zero-order valence-electron chi connectivity index (χ0n) is 9.55. The molecule has 0 aromatic heterocycles. The van der Waals surface area contributed by atoms with Crippen LogP contribution in [0.5, 0.6) is 0 Å². The minimum absolute atomic E-state index is 0.176. The molecule has 1 aliphatic rings. The molecule has 0 radical (unpaired) electrons. The summed E-state index contributed by atoms with van der Waals surface area (Å²) in [6.45, 7) is 3.96. The molecular weight excluding hydrogens is 184 g/mol. The van der Waals surface area contributed by atoms with Crippen LogP contribution >= 0.6 is 0 Å². The molecule has 1 unspecified atom stereocenters. The third-order valence-electron chi connectivity index (χ3n) is 3.43. The Morgan fingerprint density at radius 3 is 2.53 bits per heavy atom. The first-order chi connectivity index (χ1) is 7.16. The van der Waals surface area contributed by atoms with Gasteiger partial charge >= 0.3 is 0 Å². The van der Waals surface area contributed by atoms with Gasteiger partial charge in [0, 0.05) is 5.56 Å². The Balaban J connectivity index is 2.32. The molecule has 0 saturated heterocycles. The zero-order valence-corrected chi connectivity index (χ0v) is 9.55. The number of rotatable bonds is 1. The third-order valence-corrected chi connectivity index (χ3v) is 3.43. The highest BCUT2D eigenvalue weighted by molar-refractivity contribution is 5.94. The molecule has 0 fully saturated rings. The van der Waals surface area contributed by atoms with E-state index in [0.29, 0.717) is 0 Å². The minimum atomic E-state index is 0.176. The van der Waals surface area contributed by atoms with Gasteiger partial charge in [-0.3, -0.25) is 4.79 Å². The van der Waals surface area contributed by atoms with Crippen LogP contribution < -0.4 is 0 Å². The smallest absolute Gasteiger partial charge is 0.159 e. The molecule has 15 heavy (non-hydrogen) atoms. The molecule has 1 heteroatoms. The Morgan fingerprint density at radius 1 is 1.20 bits per heavy atom. The lowest BCUT2D eigenvalue weighted by Gasteiger charge is -2.06. The lowest BCUT2D eigenvalue weighted by Crippen LogP contribution is -1.97. The van der Waals surface area contributed by atoms with E-state index >= 15 is 0 Å². The van der Waals surface area contributed by atoms with Gasteiger partial charge in [0.05, 0.1) is 0 Å². The summed E-state index contributed by atoms with van der Waals surface area (Å²) in [4.78, 5) is 11.3. The lowest BCUT2D eigenvalue weighted by atomic mass is 9.99. The van der Waals surface area contributed by atoms with E-state index in [-0.39, 0.29) is 5.78 Å². The largest absolute Gasteiger partial charge is 0.295 e. The van der Waals surface area contributed by atoms with Crippen LogP contribution in [0.1, 0.15) is 48.2 Å². The number of ketones is 1. The van der Waals surface area contributed by atoms with Crippen LogP contribution in [0.4, 0.5) is 0 Å². The quantitative estimate of drug-likeness (QED) is 0.504. The number of carbonyl (C=O) groups is 1. The molecule has 1 aromatic carbocycles. The van der Waals surface area contributed by atoms with Gasteiger partial charge in [-0.2, -0.15) is 0 Å². The molecule has 0 amide bonds. The van der Waals surface area contributed by atoms with Crippen LogP contribution in [0.2, 0.25) is 0 Å². The average Bonchev–Trinajstić information content (AvgIpc) is 2.40. The number of carbonyl (C=O) groups excluding carboxylic acids is 1. The molecule has 1 atom stereocenters. The Morgan fingerprint density at radius 2 is 1.87 bits per heavy atom. The fourth-order valence-electron chi connectivity index (χ4n) is 2.27. The maximum Gasteiger partial charge on any atom is 0.159 e. The molecule has 1 aliphatic carbocycles. The number of hydrogen-bond donors (Lipinski definition) is 0. The van der Waals surface area contributed by atoms with Gasteiger partial charge in [-0.05, 0) is 55.7 Å². The Labute approximate surface area is 91.5 Å². The van der Waals surface area contributed by atoms with Crippen LogP contribution in [0, 0.1) is 5.92 Å². The molecule has 2 rings (SSSR count). The van der Waals surface area contributed by atoms with Crippen molar-refractivity contribution in [1.82, 2.24) is 0 Å². The van der Waals surface area contributed by atoms with Crippen molar-refractivity contribution in [2.45, 2.75) is 39.5 Å². The van der Waals surface area contributed by atoms with Gasteiger partial charge in [0.15, 0.2) is 5.78 Å². The van der Waals surface area contributed by atoms with Crippen molar-refractivity contribution in [2.75, 3.05) is 0 Å². The molecular formula is C14H18O. The van der Waals surface area contributed by atoms with Gasteiger partial charge in [-0.25, -0.2) is 0 Å². The summed E-state index contributed by atoms with van der Waals surface area (Å²) in [6.07, 6.45) is 4.85. The van der Waals surface area contributed by atoms with Crippen LogP contribution in [-0.2, 0) is 12.8 Å². The summed E-state index contributed by atoms with van der Waals surface area (Å²) in [5, 5.41) is 0. The Bertz CT molecular complexity index is 379. The van der Waals surface area contributed by atoms with E-state index in [1.165, 1.54) is 30.4 Å². The highest BCUT2D eigenvalue weighted by Crippen LogP contribution is 2.25. The van der Waals surface area contributed by atoms with E-state index in [4.69, 9.17) is 0 Å². The highest BCUT2D eigenvalue weighted by Gasteiger charge is 2.13. The number of benzene rings is 1. The fourth-order valence-corrected chi connectivity index (χ4v) is 2.27. The number of aryl methyl sites for hydroxylation is 2. The molecule has 0 N–H and O–H groups in total. The first-order valence-electron chi connectivity index (χ1n) is 5.79. The van der Waals surface area contributed by atoms with Crippen molar-refractivity contribution in [3.8, 4) is 0 Å². The Hall–Kier alpha value is -1.11. The van der Waals surface area contributed by atoms with Crippen molar-refractivity contribution in [1.29, 1.82) is 0 Å². The van der Waals surface area contributed by atoms with Crippen LogP contribution in [0.15, 0.2) is 18.2 Å². The first-order valence-corrected chi connectivity index (χ1v) is 5.79. The molecule has 0 spiro atoms.